The lowest BCUT2D eigenvalue weighted by molar-refractivity contribution is 0.102. The Labute approximate surface area is 179 Å². The number of halogens is 1. The van der Waals surface area contributed by atoms with E-state index < -0.39 is 0 Å². The van der Waals surface area contributed by atoms with Crippen LogP contribution >= 0.6 is 0 Å². The summed E-state index contributed by atoms with van der Waals surface area (Å²) in [5, 5.41) is 2.90. The number of aromatic nitrogens is 2. The molecule has 0 aliphatic carbocycles. The highest BCUT2D eigenvalue weighted by Crippen LogP contribution is 2.25. The molecule has 0 saturated carbocycles. The summed E-state index contributed by atoms with van der Waals surface area (Å²) in [6.45, 7) is 4.03. The Bertz CT molecular complexity index is 1240. The molecule has 0 fully saturated rings. The van der Waals surface area contributed by atoms with Crippen molar-refractivity contribution in [3.63, 3.8) is 0 Å². The van der Waals surface area contributed by atoms with E-state index in [4.69, 9.17) is 4.74 Å². The fraction of sp³-hybridized carbons (Fsp3) is 0.0800. The predicted octanol–water partition coefficient (Wildman–Crippen LogP) is 5.94. The molecule has 0 saturated heterocycles. The summed E-state index contributed by atoms with van der Waals surface area (Å²) in [7, 11) is 0. The molecule has 0 atom stereocenters. The number of carbonyl (C=O) groups excluding carboxylic acids is 1. The van der Waals surface area contributed by atoms with E-state index in [0.29, 0.717) is 22.9 Å². The van der Waals surface area contributed by atoms with Gasteiger partial charge in [0.05, 0.1) is 5.69 Å². The van der Waals surface area contributed by atoms with E-state index in [-0.39, 0.29) is 11.7 Å². The minimum Gasteiger partial charge on any atom is -0.439 e. The third-order valence-corrected chi connectivity index (χ3v) is 4.87. The molecule has 5 nitrogen and oxygen atoms in total. The van der Waals surface area contributed by atoms with Gasteiger partial charge < -0.3 is 10.1 Å². The normalized spacial score (nSPS) is 10.5. The van der Waals surface area contributed by atoms with E-state index >= 15 is 0 Å². The van der Waals surface area contributed by atoms with Crippen LogP contribution in [0.3, 0.4) is 0 Å². The van der Waals surface area contributed by atoms with Crippen molar-refractivity contribution >= 4 is 11.6 Å². The number of nitrogens with zero attached hydrogens (tertiary/aromatic N) is 2. The first-order valence-electron chi connectivity index (χ1n) is 9.72. The van der Waals surface area contributed by atoms with E-state index in [2.05, 4.69) is 15.3 Å². The number of rotatable bonds is 5. The molecule has 4 aromatic rings. The number of hydrogen-bond acceptors (Lipinski definition) is 4. The Balaban J connectivity index is 1.51. The fourth-order valence-electron chi connectivity index (χ4n) is 3.02. The van der Waals surface area contributed by atoms with E-state index in [1.165, 1.54) is 24.0 Å². The number of anilines is 1. The van der Waals surface area contributed by atoms with Crippen LogP contribution in [0.15, 0.2) is 79.1 Å². The van der Waals surface area contributed by atoms with Gasteiger partial charge in [-0.15, -0.1) is 0 Å². The van der Waals surface area contributed by atoms with Crippen molar-refractivity contribution in [3.8, 4) is 22.9 Å². The van der Waals surface area contributed by atoms with Crippen LogP contribution in [0.4, 0.5) is 10.1 Å². The molecule has 1 N–H and O–H groups in total. The Morgan fingerprint density at radius 1 is 0.903 bits per heavy atom. The van der Waals surface area contributed by atoms with Crippen LogP contribution in [0.25, 0.3) is 11.3 Å². The summed E-state index contributed by atoms with van der Waals surface area (Å²) in [5.41, 5.74) is 4.82. The molecular weight excluding hydrogens is 393 g/mol. The van der Waals surface area contributed by atoms with Crippen LogP contribution in [-0.4, -0.2) is 15.9 Å². The first kappa shape index (κ1) is 20.2. The molecule has 0 aliphatic heterocycles. The molecule has 3 aromatic carbocycles. The number of nitrogens with one attached hydrogen (secondary N) is 1. The van der Waals surface area contributed by atoms with E-state index in [0.717, 1.165) is 16.8 Å². The molecule has 1 amide bonds. The molecule has 4 rings (SSSR count). The smallest absolute Gasteiger partial charge is 0.255 e. The van der Waals surface area contributed by atoms with E-state index in [1.54, 1.807) is 42.5 Å². The monoisotopic (exact) mass is 413 g/mol. The third kappa shape index (κ3) is 4.93. The standard InChI is InChI=1S/C25H20FN3O2/c1-16-6-11-21(12-17(16)2)29-25(30)19-4-3-5-22(13-19)31-24-14-23(27-15-28-24)18-7-9-20(26)10-8-18/h3-15H,1-2H3,(H,29,30). The van der Waals surface area contributed by atoms with Crippen molar-refractivity contribution < 1.29 is 13.9 Å². The highest BCUT2D eigenvalue weighted by atomic mass is 19.1. The fourth-order valence-corrected chi connectivity index (χ4v) is 3.02. The summed E-state index contributed by atoms with van der Waals surface area (Å²) in [4.78, 5) is 21.0. The summed E-state index contributed by atoms with van der Waals surface area (Å²) in [5.74, 6) is 0.242. The van der Waals surface area contributed by atoms with Crippen LogP contribution in [0.5, 0.6) is 11.6 Å². The molecule has 1 aromatic heterocycles. The quantitative estimate of drug-likeness (QED) is 0.439. The van der Waals surface area contributed by atoms with Gasteiger partial charge in [0.1, 0.15) is 17.9 Å². The highest BCUT2D eigenvalue weighted by Gasteiger charge is 2.10. The number of carbonyl (C=O) groups is 1. The number of aryl methyl sites for hydroxylation is 2. The molecule has 154 valence electrons. The van der Waals surface area contributed by atoms with Crippen LogP contribution in [0.2, 0.25) is 0 Å². The topological polar surface area (TPSA) is 64.1 Å². The van der Waals surface area contributed by atoms with Gasteiger partial charge in [0, 0.05) is 22.9 Å². The van der Waals surface area contributed by atoms with Gasteiger partial charge in [0.2, 0.25) is 5.88 Å². The first-order valence-corrected chi connectivity index (χ1v) is 9.72. The third-order valence-electron chi connectivity index (χ3n) is 4.87. The average Bonchev–Trinajstić information content (AvgIpc) is 2.77. The lowest BCUT2D eigenvalue weighted by Crippen LogP contribution is -2.12. The maximum Gasteiger partial charge on any atom is 0.255 e. The molecule has 1 heterocycles. The van der Waals surface area contributed by atoms with Crippen molar-refractivity contribution in [2.75, 3.05) is 5.32 Å². The Hall–Kier alpha value is -4.06. The molecule has 0 radical (unpaired) electrons. The van der Waals surface area contributed by atoms with Gasteiger partial charge in [-0.3, -0.25) is 4.79 Å². The maximum atomic E-state index is 13.2. The minimum atomic E-state index is -0.315. The van der Waals surface area contributed by atoms with Crippen molar-refractivity contribution in [3.05, 3.63) is 102 Å². The molecule has 6 heteroatoms. The Morgan fingerprint density at radius 3 is 2.48 bits per heavy atom. The average molecular weight is 413 g/mol. The summed E-state index contributed by atoms with van der Waals surface area (Å²) >= 11 is 0. The van der Waals surface area contributed by atoms with Gasteiger partial charge in [-0.2, -0.15) is 0 Å². The van der Waals surface area contributed by atoms with Crippen molar-refractivity contribution in [2.45, 2.75) is 13.8 Å². The second-order valence-electron chi connectivity index (χ2n) is 7.13. The van der Waals surface area contributed by atoms with E-state index in [1.807, 2.05) is 32.0 Å². The zero-order valence-electron chi connectivity index (χ0n) is 17.1. The molecule has 0 spiro atoms. The summed E-state index contributed by atoms with van der Waals surface area (Å²) in [6.07, 6.45) is 1.38. The highest BCUT2D eigenvalue weighted by molar-refractivity contribution is 6.04. The first-order chi connectivity index (χ1) is 15.0. The summed E-state index contributed by atoms with van der Waals surface area (Å²) in [6, 6.07) is 20.3. The number of hydrogen-bond donors (Lipinski definition) is 1. The molecular formula is C25H20FN3O2. The second kappa shape index (κ2) is 8.75. The molecule has 0 bridgehead atoms. The number of amides is 1. The van der Waals surface area contributed by atoms with Gasteiger partial charge in [-0.25, -0.2) is 14.4 Å². The predicted molar refractivity (Wildman–Crippen MR) is 118 cm³/mol. The van der Waals surface area contributed by atoms with Gasteiger partial charge in [-0.1, -0.05) is 12.1 Å². The van der Waals surface area contributed by atoms with Gasteiger partial charge in [-0.05, 0) is 79.6 Å². The van der Waals surface area contributed by atoms with Crippen molar-refractivity contribution in [2.24, 2.45) is 0 Å². The molecule has 31 heavy (non-hydrogen) atoms. The zero-order valence-corrected chi connectivity index (χ0v) is 17.1. The minimum absolute atomic E-state index is 0.233. The van der Waals surface area contributed by atoms with Gasteiger partial charge in [0.15, 0.2) is 0 Å². The lowest BCUT2D eigenvalue weighted by Gasteiger charge is -2.10. The molecule has 0 unspecified atom stereocenters. The van der Waals surface area contributed by atoms with Gasteiger partial charge in [0.25, 0.3) is 5.91 Å². The summed E-state index contributed by atoms with van der Waals surface area (Å²) < 4.78 is 19.0. The largest absolute Gasteiger partial charge is 0.439 e. The number of benzene rings is 3. The van der Waals surface area contributed by atoms with Crippen LogP contribution < -0.4 is 10.1 Å². The number of ether oxygens (including phenoxy) is 1. The second-order valence-corrected chi connectivity index (χ2v) is 7.13. The van der Waals surface area contributed by atoms with Crippen LogP contribution in [-0.2, 0) is 0 Å². The maximum absolute atomic E-state index is 13.2. The van der Waals surface area contributed by atoms with Crippen molar-refractivity contribution in [1.82, 2.24) is 9.97 Å². The van der Waals surface area contributed by atoms with Crippen LogP contribution in [0.1, 0.15) is 21.5 Å². The van der Waals surface area contributed by atoms with Crippen LogP contribution in [0, 0.1) is 19.7 Å². The van der Waals surface area contributed by atoms with Gasteiger partial charge >= 0.3 is 0 Å². The molecule has 0 aliphatic rings. The van der Waals surface area contributed by atoms with E-state index in [9.17, 15) is 9.18 Å². The van der Waals surface area contributed by atoms with Crippen molar-refractivity contribution in [1.29, 1.82) is 0 Å². The lowest BCUT2D eigenvalue weighted by atomic mass is 10.1. The zero-order chi connectivity index (χ0) is 21.8. The Kier molecular flexibility index (Phi) is 5.71. The Morgan fingerprint density at radius 2 is 1.71 bits per heavy atom. The SMILES string of the molecule is Cc1ccc(NC(=O)c2cccc(Oc3cc(-c4ccc(F)cc4)ncn3)c2)cc1C.